The zero-order valence-corrected chi connectivity index (χ0v) is 24.0. The van der Waals surface area contributed by atoms with Crippen molar-refractivity contribution >= 4 is 20.9 Å². The van der Waals surface area contributed by atoms with Gasteiger partial charge in [-0.25, -0.2) is 12.7 Å². The van der Waals surface area contributed by atoms with Crippen LogP contribution in [0.2, 0.25) is 0 Å². The van der Waals surface area contributed by atoms with E-state index in [1.54, 1.807) is 4.31 Å². The lowest BCUT2D eigenvalue weighted by Crippen LogP contribution is -2.47. The Bertz CT molecular complexity index is 1320. The molecule has 1 aromatic heterocycles. The van der Waals surface area contributed by atoms with E-state index in [4.69, 9.17) is 0 Å². The first-order valence-corrected chi connectivity index (χ1v) is 16.8. The number of likely N-dealkylation sites (tertiary alicyclic amines) is 2. The molecule has 0 bridgehead atoms. The largest absolute Gasteiger partial charge is 0.361 e. The predicted octanol–water partition coefficient (Wildman–Crippen LogP) is 5.68. The summed E-state index contributed by atoms with van der Waals surface area (Å²) in [6.45, 7) is 6.93. The van der Waals surface area contributed by atoms with Crippen LogP contribution < -0.4 is 0 Å². The molecule has 0 saturated carbocycles. The van der Waals surface area contributed by atoms with Crippen LogP contribution in [0, 0.1) is 0 Å². The molecular formula is C32H44N4O2S. The summed E-state index contributed by atoms with van der Waals surface area (Å²) in [5.41, 5.74) is 4.92. The smallest absolute Gasteiger partial charge is 0.214 e. The molecule has 6 rings (SSSR count). The Morgan fingerprint density at radius 2 is 1.54 bits per heavy atom. The highest BCUT2D eigenvalue weighted by Gasteiger charge is 2.30. The molecule has 3 aromatic rings. The van der Waals surface area contributed by atoms with Crippen molar-refractivity contribution in [2.75, 3.05) is 51.6 Å². The predicted molar refractivity (Wildman–Crippen MR) is 161 cm³/mol. The van der Waals surface area contributed by atoms with Gasteiger partial charge in [0.25, 0.3) is 0 Å². The number of nitrogens with one attached hydrogen (secondary N) is 1. The number of rotatable bonds is 8. The van der Waals surface area contributed by atoms with Gasteiger partial charge < -0.3 is 14.8 Å². The van der Waals surface area contributed by atoms with Crippen molar-refractivity contribution in [2.24, 2.45) is 0 Å². The number of fused-ring (bicyclic) bond motifs is 1. The van der Waals surface area contributed by atoms with Crippen LogP contribution in [0.25, 0.3) is 22.0 Å². The number of aromatic nitrogens is 1. The van der Waals surface area contributed by atoms with Gasteiger partial charge in [-0.15, -0.1) is 0 Å². The van der Waals surface area contributed by atoms with Crippen LogP contribution in [0.4, 0.5) is 0 Å². The maximum atomic E-state index is 13.2. The first-order chi connectivity index (χ1) is 19.1. The quantitative estimate of drug-likeness (QED) is 0.393. The molecule has 6 nitrogen and oxygen atoms in total. The van der Waals surface area contributed by atoms with E-state index in [0.29, 0.717) is 19.0 Å². The Balaban J connectivity index is 0.988. The van der Waals surface area contributed by atoms with Crippen LogP contribution in [-0.2, 0) is 10.0 Å². The minimum Gasteiger partial charge on any atom is -0.361 e. The molecule has 0 aliphatic carbocycles. The number of piperidine rings is 3. The molecule has 0 spiro atoms. The second-order valence-corrected chi connectivity index (χ2v) is 14.0. The van der Waals surface area contributed by atoms with Crippen LogP contribution in [0.15, 0.2) is 54.7 Å². The van der Waals surface area contributed by atoms with Gasteiger partial charge in [0.05, 0.1) is 5.75 Å². The molecule has 0 unspecified atom stereocenters. The van der Waals surface area contributed by atoms with Crippen molar-refractivity contribution < 1.29 is 8.42 Å². The molecule has 4 heterocycles. The van der Waals surface area contributed by atoms with Gasteiger partial charge in [-0.3, -0.25) is 0 Å². The zero-order chi connectivity index (χ0) is 26.7. The summed E-state index contributed by atoms with van der Waals surface area (Å²) >= 11 is 0. The van der Waals surface area contributed by atoms with Crippen molar-refractivity contribution in [2.45, 2.75) is 63.3 Å². The third kappa shape index (κ3) is 6.27. The fraction of sp³-hybridized carbons (Fsp3) is 0.562. The van der Waals surface area contributed by atoms with Gasteiger partial charge in [-0.05, 0) is 112 Å². The highest BCUT2D eigenvalue weighted by molar-refractivity contribution is 7.89. The molecule has 3 aliphatic rings. The number of aromatic amines is 1. The minimum atomic E-state index is -3.20. The average Bonchev–Trinajstić information content (AvgIpc) is 3.42. The molecule has 2 aromatic carbocycles. The van der Waals surface area contributed by atoms with E-state index in [-0.39, 0.29) is 5.75 Å². The van der Waals surface area contributed by atoms with Gasteiger partial charge in [-0.1, -0.05) is 42.8 Å². The maximum Gasteiger partial charge on any atom is 0.214 e. The van der Waals surface area contributed by atoms with Crippen molar-refractivity contribution in [3.05, 3.63) is 60.3 Å². The Morgan fingerprint density at radius 1 is 0.795 bits per heavy atom. The lowest BCUT2D eigenvalue weighted by atomic mass is 9.89. The van der Waals surface area contributed by atoms with Gasteiger partial charge in [0, 0.05) is 36.2 Å². The number of hydrogen-bond donors (Lipinski definition) is 1. The topological polar surface area (TPSA) is 59.7 Å². The molecule has 0 atom stereocenters. The number of sulfonamides is 1. The summed E-state index contributed by atoms with van der Waals surface area (Å²) < 4.78 is 28.1. The van der Waals surface area contributed by atoms with E-state index >= 15 is 0 Å². The van der Waals surface area contributed by atoms with E-state index in [0.717, 1.165) is 50.5 Å². The average molecular weight is 549 g/mol. The normalized spacial score (nSPS) is 21.5. The van der Waals surface area contributed by atoms with Crippen molar-refractivity contribution in [1.29, 1.82) is 0 Å². The molecule has 3 fully saturated rings. The van der Waals surface area contributed by atoms with Crippen LogP contribution in [0.3, 0.4) is 0 Å². The van der Waals surface area contributed by atoms with Crippen LogP contribution in [0.1, 0.15) is 62.8 Å². The first kappa shape index (κ1) is 27.0. The van der Waals surface area contributed by atoms with Gasteiger partial charge in [-0.2, -0.15) is 0 Å². The number of hydrogen-bond acceptors (Lipinski definition) is 4. The molecule has 210 valence electrons. The highest BCUT2D eigenvalue weighted by Crippen LogP contribution is 2.36. The Kier molecular flexibility index (Phi) is 8.40. The molecular weight excluding hydrogens is 504 g/mol. The second-order valence-electron chi connectivity index (χ2n) is 11.9. The summed E-state index contributed by atoms with van der Waals surface area (Å²) in [5, 5.41) is 1.27. The Morgan fingerprint density at radius 3 is 2.28 bits per heavy atom. The number of H-pyrrole nitrogens is 1. The van der Waals surface area contributed by atoms with Gasteiger partial charge in [0.1, 0.15) is 0 Å². The zero-order valence-electron chi connectivity index (χ0n) is 23.2. The van der Waals surface area contributed by atoms with Crippen molar-refractivity contribution in [1.82, 2.24) is 19.1 Å². The summed E-state index contributed by atoms with van der Waals surface area (Å²) in [7, 11) is -3.20. The Labute approximate surface area is 234 Å². The van der Waals surface area contributed by atoms with E-state index < -0.39 is 10.0 Å². The fourth-order valence-corrected chi connectivity index (χ4v) is 8.65. The van der Waals surface area contributed by atoms with Crippen molar-refractivity contribution in [3.63, 3.8) is 0 Å². The molecule has 3 aliphatic heterocycles. The monoisotopic (exact) mass is 548 g/mol. The van der Waals surface area contributed by atoms with E-state index in [2.05, 4.69) is 63.4 Å². The third-order valence-corrected chi connectivity index (χ3v) is 11.4. The lowest BCUT2D eigenvalue weighted by Gasteiger charge is -2.40. The maximum absolute atomic E-state index is 13.2. The molecule has 1 N–H and O–H groups in total. The summed E-state index contributed by atoms with van der Waals surface area (Å²) in [6, 6.07) is 17.9. The molecule has 7 heteroatoms. The minimum absolute atomic E-state index is 0.275. The van der Waals surface area contributed by atoms with Crippen molar-refractivity contribution in [3.8, 4) is 11.1 Å². The summed E-state index contributed by atoms with van der Waals surface area (Å²) in [5.74, 6) is 0.662. The SMILES string of the molecule is O=S(=O)(CCCN1CCC(N2CCCCC2)CC1)N1CCC(c2c[nH]c3ccc(-c4ccccc4)cc23)CC1. The second kappa shape index (κ2) is 12.1. The molecule has 3 saturated heterocycles. The lowest BCUT2D eigenvalue weighted by molar-refractivity contribution is 0.0927. The van der Waals surface area contributed by atoms with E-state index in [9.17, 15) is 8.42 Å². The molecule has 0 amide bonds. The fourth-order valence-electron chi connectivity index (χ4n) is 7.13. The van der Waals surface area contributed by atoms with E-state index in [1.807, 2.05) is 6.07 Å². The number of benzene rings is 2. The molecule has 39 heavy (non-hydrogen) atoms. The standard InChI is InChI=1S/C32H44N4O2S/c37-39(38,23-7-16-34-19-14-29(15-20-34)35-17-5-2-6-18-35)36-21-12-27(13-22-36)31-25-33-32-11-10-28(24-30(31)32)26-8-3-1-4-9-26/h1,3-4,8-11,24-25,27,29,33H,2,5-7,12-23H2. The summed E-state index contributed by atoms with van der Waals surface area (Å²) in [6.07, 6.45) is 11.2. The van der Waals surface area contributed by atoms with Gasteiger partial charge in [0.15, 0.2) is 0 Å². The number of nitrogens with zero attached hydrogens (tertiary/aromatic N) is 3. The third-order valence-electron chi connectivity index (χ3n) is 9.45. The Hall–Kier alpha value is -2.19. The van der Waals surface area contributed by atoms with Crippen LogP contribution in [-0.4, -0.2) is 85.1 Å². The molecule has 0 radical (unpaired) electrons. The van der Waals surface area contributed by atoms with E-state index in [1.165, 1.54) is 67.3 Å². The van der Waals surface area contributed by atoms with Crippen LogP contribution >= 0.6 is 0 Å². The van der Waals surface area contributed by atoms with Gasteiger partial charge in [0.2, 0.25) is 10.0 Å². The van der Waals surface area contributed by atoms with Gasteiger partial charge >= 0.3 is 0 Å². The van der Waals surface area contributed by atoms with Crippen LogP contribution in [0.5, 0.6) is 0 Å². The first-order valence-electron chi connectivity index (χ1n) is 15.2. The summed E-state index contributed by atoms with van der Waals surface area (Å²) in [4.78, 5) is 8.64. The highest BCUT2D eigenvalue weighted by atomic mass is 32.2.